The Bertz CT molecular complexity index is 758. The summed E-state index contributed by atoms with van der Waals surface area (Å²) in [6.45, 7) is 6.15. The normalized spacial score (nSPS) is 12.8. The number of rotatable bonds is 7. The number of hydrogen-bond acceptors (Lipinski definition) is 3. The number of ether oxygens (including phenoxy) is 1. The van der Waals surface area contributed by atoms with Crippen molar-refractivity contribution in [3.05, 3.63) is 30.0 Å². The topological polar surface area (TPSA) is 91.4 Å². The van der Waals surface area contributed by atoms with Gasteiger partial charge < -0.3 is 20.1 Å². The number of H-pyrrole nitrogens is 1. The van der Waals surface area contributed by atoms with Gasteiger partial charge in [0, 0.05) is 17.1 Å². The summed E-state index contributed by atoms with van der Waals surface area (Å²) < 4.78 is 5.22. The maximum absolute atomic E-state index is 12.3. The highest BCUT2D eigenvalue weighted by molar-refractivity contribution is 5.91. The van der Waals surface area contributed by atoms with E-state index in [-0.39, 0.29) is 17.7 Å². The first-order valence-electron chi connectivity index (χ1n) is 8.36. The van der Waals surface area contributed by atoms with E-state index in [9.17, 15) is 14.7 Å². The number of methoxy groups -OCH3 is 1. The quantitative estimate of drug-likeness (QED) is 0.718. The van der Waals surface area contributed by atoms with Gasteiger partial charge in [-0.3, -0.25) is 4.79 Å². The summed E-state index contributed by atoms with van der Waals surface area (Å²) in [5.74, 6) is -0.592. The molecular weight excluding hydrogens is 320 g/mol. The van der Waals surface area contributed by atoms with Gasteiger partial charge in [-0.05, 0) is 42.0 Å². The van der Waals surface area contributed by atoms with Crippen molar-refractivity contribution >= 4 is 22.8 Å². The minimum atomic E-state index is -1.00. The first-order chi connectivity index (χ1) is 11.7. The number of hydrogen-bond donors (Lipinski definition) is 3. The molecule has 1 amide bonds. The number of carbonyl (C=O) groups excluding carboxylic acids is 1. The SMILES string of the molecule is COc1ccc2[nH]cc(CC(=O)NC(CCC(C)(C)C)C(=O)O)c2c1. The second kappa shape index (κ2) is 7.59. The van der Waals surface area contributed by atoms with E-state index in [2.05, 4.69) is 10.3 Å². The minimum Gasteiger partial charge on any atom is -0.497 e. The van der Waals surface area contributed by atoms with Crippen LogP contribution in [0, 0.1) is 5.41 Å². The molecule has 1 unspecified atom stereocenters. The van der Waals surface area contributed by atoms with Crippen molar-refractivity contribution in [3.63, 3.8) is 0 Å². The summed E-state index contributed by atoms with van der Waals surface area (Å²) >= 11 is 0. The fourth-order valence-corrected chi connectivity index (χ4v) is 2.68. The van der Waals surface area contributed by atoms with Crippen LogP contribution >= 0.6 is 0 Å². The second-order valence-corrected chi connectivity index (χ2v) is 7.46. The molecular formula is C19H26N2O4. The molecule has 0 saturated heterocycles. The van der Waals surface area contributed by atoms with Crippen LogP contribution in [0.3, 0.4) is 0 Å². The molecule has 0 bridgehead atoms. The molecule has 136 valence electrons. The van der Waals surface area contributed by atoms with Gasteiger partial charge in [0.1, 0.15) is 11.8 Å². The Hall–Kier alpha value is -2.50. The summed E-state index contributed by atoms with van der Waals surface area (Å²) in [4.78, 5) is 26.9. The molecule has 1 heterocycles. The van der Waals surface area contributed by atoms with Crippen molar-refractivity contribution in [1.82, 2.24) is 10.3 Å². The maximum Gasteiger partial charge on any atom is 0.326 e. The van der Waals surface area contributed by atoms with Crippen molar-refractivity contribution in [2.45, 2.75) is 46.1 Å². The van der Waals surface area contributed by atoms with Gasteiger partial charge in [0.05, 0.1) is 13.5 Å². The molecule has 0 aliphatic carbocycles. The molecule has 3 N–H and O–H groups in total. The molecule has 2 aromatic rings. The number of nitrogens with one attached hydrogen (secondary N) is 2. The van der Waals surface area contributed by atoms with Gasteiger partial charge >= 0.3 is 5.97 Å². The molecule has 0 radical (unpaired) electrons. The molecule has 0 fully saturated rings. The summed E-state index contributed by atoms with van der Waals surface area (Å²) in [5.41, 5.74) is 1.74. The van der Waals surface area contributed by atoms with Crippen LogP contribution in [0.5, 0.6) is 5.75 Å². The number of aromatic nitrogens is 1. The number of fused-ring (bicyclic) bond motifs is 1. The van der Waals surface area contributed by atoms with Gasteiger partial charge in [-0.15, -0.1) is 0 Å². The highest BCUT2D eigenvalue weighted by Crippen LogP contribution is 2.24. The van der Waals surface area contributed by atoms with Gasteiger partial charge in [-0.1, -0.05) is 20.8 Å². The van der Waals surface area contributed by atoms with Crippen LogP contribution in [0.15, 0.2) is 24.4 Å². The smallest absolute Gasteiger partial charge is 0.326 e. The zero-order valence-electron chi connectivity index (χ0n) is 15.2. The van der Waals surface area contributed by atoms with Crippen molar-refractivity contribution in [2.75, 3.05) is 7.11 Å². The van der Waals surface area contributed by atoms with Gasteiger partial charge in [0.2, 0.25) is 5.91 Å². The lowest BCUT2D eigenvalue weighted by Gasteiger charge is -2.21. The highest BCUT2D eigenvalue weighted by atomic mass is 16.5. The lowest BCUT2D eigenvalue weighted by molar-refractivity contribution is -0.142. The molecule has 25 heavy (non-hydrogen) atoms. The fraction of sp³-hybridized carbons (Fsp3) is 0.474. The van der Waals surface area contributed by atoms with Crippen molar-refractivity contribution in [3.8, 4) is 5.75 Å². The van der Waals surface area contributed by atoms with E-state index in [0.29, 0.717) is 18.6 Å². The van der Waals surface area contributed by atoms with Crippen LogP contribution in [-0.2, 0) is 16.0 Å². The predicted octanol–water partition coefficient (Wildman–Crippen LogP) is 3.11. The Balaban J connectivity index is 2.06. The number of carboxylic acid groups (broad SMARTS) is 1. The van der Waals surface area contributed by atoms with E-state index in [1.807, 2.05) is 39.0 Å². The molecule has 0 saturated carbocycles. The average molecular weight is 346 g/mol. The highest BCUT2D eigenvalue weighted by Gasteiger charge is 2.23. The number of carboxylic acids is 1. The van der Waals surface area contributed by atoms with Crippen molar-refractivity contribution in [1.29, 1.82) is 0 Å². The minimum absolute atomic E-state index is 0.0197. The Kier molecular flexibility index (Phi) is 5.72. The van der Waals surface area contributed by atoms with Gasteiger partial charge in [0.15, 0.2) is 0 Å². The van der Waals surface area contributed by atoms with E-state index in [1.165, 1.54) is 0 Å². The van der Waals surface area contributed by atoms with Crippen LogP contribution in [-0.4, -0.2) is 35.1 Å². The third-order valence-electron chi connectivity index (χ3n) is 4.14. The van der Waals surface area contributed by atoms with Crippen LogP contribution in [0.4, 0.5) is 0 Å². The Morgan fingerprint density at radius 3 is 2.64 bits per heavy atom. The summed E-state index contributed by atoms with van der Waals surface area (Å²) in [6.07, 6.45) is 3.02. The van der Waals surface area contributed by atoms with Gasteiger partial charge in [0.25, 0.3) is 0 Å². The Morgan fingerprint density at radius 1 is 1.32 bits per heavy atom. The van der Waals surface area contributed by atoms with E-state index in [4.69, 9.17) is 4.74 Å². The number of aliphatic carboxylic acids is 1. The third-order valence-corrected chi connectivity index (χ3v) is 4.14. The zero-order valence-corrected chi connectivity index (χ0v) is 15.2. The van der Waals surface area contributed by atoms with E-state index < -0.39 is 12.0 Å². The first-order valence-corrected chi connectivity index (χ1v) is 8.36. The molecule has 0 aliphatic rings. The molecule has 0 spiro atoms. The molecule has 6 heteroatoms. The summed E-state index contributed by atoms with van der Waals surface area (Å²) in [7, 11) is 1.59. The Labute approximate surface area is 147 Å². The van der Waals surface area contributed by atoms with Crippen LogP contribution in [0.25, 0.3) is 10.9 Å². The first kappa shape index (κ1) is 18.8. The van der Waals surface area contributed by atoms with E-state index in [1.54, 1.807) is 13.3 Å². The largest absolute Gasteiger partial charge is 0.497 e. The third kappa shape index (κ3) is 5.24. The average Bonchev–Trinajstić information content (AvgIpc) is 2.92. The van der Waals surface area contributed by atoms with Crippen molar-refractivity contribution in [2.24, 2.45) is 5.41 Å². The molecule has 1 aromatic carbocycles. The summed E-state index contributed by atoms with van der Waals surface area (Å²) in [6, 6.07) is 4.73. The lowest BCUT2D eigenvalue weighted by atomic mass is 9.88. The molecule has 2 rings (SSSR count). The fourth-order valence-electron chi connectivity index (χ4n) is 2.68. The summed E-state index contributed by atoms with van der Waals surface area (Å²) in [5, 5.41) is 12.9. The molecule has 1 atom stereocenters. The molecule has 6 nitrogen and oxygen atoms in total. The number of benzene rings is 1. The standard InChI is InChI=1S/C19H26N2O4/c1-19(2,3)8-7-16(18(23)24)21-17(22)9-12-11-20-15-6-5-13(25-4)10-14(12)15/h5-6,10-11,16,20H,7-9H2,1-4H3,(H,21,22)(H,23,24). The van der Waals surface area contributed by atoms with Gasteiger partial charge in [-0.2, -0.15) is 0 Å². The molecule has 1 aromatic heterocycles. The van der Waals surface area contributed by atoms with E-state index in [0.717, 1.165) is 16.5 Å². The van der Waals surface area contributed by atoms with Crippen LogP contribution < -0.4 is 10.1 Å². The zero-order chi connectivity index (χ0) is 18.6. The lowest BCUT2D eigenvalue weighted by Crippen LogP contribution is -2.42. The molecule has 0 aliphatic heterocycles. The van der Waals surface area contributed by atoms with E-state index >= 15 is 0 Å². The van der Waals surface area contributed by atoms with Crippen LogP contribution in [0.2, 0.25) is 0 Å². The number of aromatic amines is 1. The van der Waals surface area contributed by atoms with Gasteiger partial charge in [-0.25, -0.2) is 4.79 Å². The van der Waals surface area contributed by atoms with Crippen LogP contribution in [0.1, 0.15) is 39.2 Å². The second-order valence-electron chi connectivity index (χ2n) is 7.46. The number of carbonyl (C=O) groups is 2. The predicted molar refractivity (Wildman–Crippen MR) is 96.8 cm³/mol. The Morgan fingerprint density at radius 2 is 2.04 bits per heavy atom. The maximum atomic E-state index is 12.3. The van der Waals surface area contributed by atoms with Crippen molar-refractivity contribution < 1.29 is 19.4 Å². The monoisotopic (exact) mass is 346 g/mol. The number of amides is 1.